The van der Waals surface area contributed by atoms with Gasteiger partial charge in [-0.2, -0.15) is 0 Å². The van der Waals surface area contributed by atoms with Gasteiger partial charge in [-0.3, -0.25) is 14.6 Å². The number of benzene rings is 1. The third-order valence-electron chi connectivity index (χ3n) is 7.18. The van der Waals surface area contributed by atoms with Crippen LogP contribution in [-0.2, 0) is 21.4 Å². The summed E-state index contributed by atoms with van der Waals surface area (Å²) >= 11 is 0. The number of anilines is 2. The summed E-state index contributed by atoms with van der Waals surface area (Å²) in [7, 11) is 0. The van der Waals surface area contributed by atoms with Crippen molar-refractivity contribution in [2.75, 3.05) is 5.32 Å². The number of hydrogen-bond acceptors (Lipinski definition) is 6. The number of hydrogen-bond donors (Lipinski definition) is 1. The molecule has 36 heavy (non-hydrogen) atoms. The highest BCUT2D eigenvalue weighted by Gasteiger charge is 2.38. The zero-order valence-electron chi connectivity index (χ0n) is 21.9. The van der Waals surface area contributed by atoms with Gasteiger partial charge in [0.1, 0.15) is 11.6 Å². The lowest BCUT2D eigenvalue weighted by Gasteiger charge is -2.33. The van der Waals surface area contributed by atoms with Crippen molar-refractivity contribution in [3.8, 4) is 0 Å². The topological polar surface area (TPSA) is 84.8 Å². The fraction of sp³-hybridized carbons (Fsp3) is 0.433. The molecule has 2 heterocycles. The molecule has 1 aliphatic carbocycles. The molecule has 0 bridgehead atoms. The first-order chi connectivity index (χ1) is 17.0. The lowest BCUT2D eigenvalue weighted by Crippen LogP contribution is -2.35. The summed E-state index contributed by atoms with van der Waals surface area (Å²) in [5.74, 6) is 0.495. The predicted octanol–water partition coefficient (Wildman–Crippen LogP) is 6.20. The summed E-state index contributed by atoms with van der Waals surface area (Å²) in [5, 5.41) is 3.16. The van der Waals surface area contributed by atoms with E-state index in [1.54, 1.807) is 18.6 Å². The van der Waals surface area contributed by atoms with E-state index < -0.39 is 5.41 Å². The van der Waals surface area contributed by atoms with E-state index in [1.807, 2.05) is 32.0 Å². The van der Waals surface area contributed by atoms with Crippen LogP contribution in [0.25, 0.3) is 0 Å². The summed E-state index contributed by atoms with van der Waals surface area (Å²) in [6, 6.07) is 14.0. The monoisotopic (exact) mass is 484 g/mol. The Bertz CT molecular complexity index is 1210. The highest BCUT2D eigenvalue weighted by Crippen LogP contribution is 2.39. The highest BCUT2D eigenvalue weighted by atomic mass is 16.1. The van der Waals surface area contributed by atoms with Crippen LogP contribution < -0.4 is 5.32 Å². The fourth-order valence-corrected chi connectivity index (χ4v) is 4.89. The number of nitrogens with zero attached hydrogens (tertiary/aromatic N) is 3. The smallest absolute Gasteiger partial charge is 0.227 e. The van der Waals surface area contributed by atoms with Gasteiger partial charge < -0.3 is 5.32 Å². The molecule has 0 aliphatic heterocycles. The predicted molar refractivity (Wildman–Crippen MR) is 142 cm³/mol. The average Bonchev–Trinajstić information content (AvgIpc) is 2.83. The minimum Gasteiger partial charge on any atom is -0.323 e. The summed E-state index contributed by atoms with van der Waals surface area (Å²) in [4.78, 5) is 39.9. The van der Waals surface area contributed by atoms with E-state index in [2.05, 4.69) is 65.3 Å². The average molecular weight is 485 g/mol. The minimum absolute atomic E-state index is 0.0560. The molecule has 2 unspecified atom stereocenters. The molecule has 1 saturated carbocycles. The lowest BCUT2D eigenvalue weighted by molar-refractivity contribution is -0.133. The summed E-state index contributed by atoms with van der Waals surface area (Å²) in [6.07, 6.45) is 6.88. The first-order valence-electron chi connectivity index (χ1n) is 12.7. The molecule has 2 atom stereocenters. The van der Waals surface area contributed by atoms with E-state index in [-0.39, 0.29) is 28.8 Å². The second-order valence-corrected chi connectivity index (χ2v) is 11.6. The molecule has 0 spiro atoms. The molecular weight excluding hydrogens is 448 g/mol. The molecular formula is C30H36N4O2. The van der Waals surface area contributed by atoms with Crippen molar-refractivity contribution in [2.24, 2.45) is 11.3 Å². The van der Waals surface area contributed by atoms with Crippen LogP contribution in [0, 0.1) is 11.3 Å². The van der Waals surface area contributed by atoms with Crippen molar-refractivity contribution in [1.82, 2.24) is 15.0 Å². The Hall–Kier alpha value is -3.41. The van der Waals surface area contributed by atoms with Crippen LogP contribution in [0.4, 0.5) is 11.6 Å². The standard InChI is InChI=1S/C30H36N4O2/c1-29(2,3)23-10-8-20(9-11-23)21-16-26(35)22(18-30(4,5)27(36)17-21)15-24-12-14-32-28(33-24)34-25-7-6-13-31-19-25/h6-14,19,21-22H,15-18H2,1-5H3,(H,32,33,34). The van der Waals surface area contributed by atoms with E-state index in [9.17, 15) is 9.59 Å². The van der Waals surface area contributed by atoms with Crippen molar-refractivity contribution in [3.63, 3.8) is 0 Å². The highest BCUT2D eigenvalue weighted by molar-refractivity contribution is 5.90. The van der Waals surface area contributed by atoms with Gasteiger partial charge in [0.25, 0.3) is 0 Å². The normalized spacial score (nSPS) is 20.5. The SMILES string of the molecule is CC1(C)CC(Cc2ccnc(Nc3cccnc3)n2)C(=O)CC(c2ccc(C(C)(C)C)cc2)CC1=O. The summed E-state index contributed by atoms with van der Waals surface area (Å²) < 4.78 is 0. The van der Waals surface area contributed by atoms with Crippen molar-refractivity contribution in [2.45, 2.75) is 71.6 Å². The van der Waals surface area contributed by atoms with Gasteiger partial charge >= 0.3 is 0 Å². The van der Waals surface area contributed by atoms with Crippen LogP contribution in [0.5, 0.6) is 0 Å². The number of Topliss-reactive ketones (excluding diaryl/α,β-unsaturated/α-hetero) is 2. The number of ketones is 2. The molecule has 3 aromatic rings. The Morgan fingerprint density at radius 2 is 1.75 bits per heavy atom. The van der Waals surface area contributed by atoms with Gasteiger partial charge in [0.15, 0.2) is 0 Å². The zero-order valence-corrected chi connectivity index (χ0v) is 21.9. The van der Waals surface area contributed by atoms with Gasteiger partial charge in [-0.1, -0.05) is 58.9 Å². The Balaban J connectivity index is 1.55. The number of aromatic nitrogens is 3. The maximum Gasteiger partial charge on any atom is 0.227 e. The Morgan fingerprint density at radius 3 is 2.42 bits per heavy atom. The molecule has 1 aromatic carbocycles. The third kappa shape index (κ3) is 6.23. The van der Waals surface area contributed by atoms with Crippen LogP contribution in [-0.4, -0.2) is 26.5 Å². The summed E-state index contributed by atoms with van der Waals surface area (Å²) in [5.41, 5.74) is 3.36. The van der Waals surface area contributed by atoms with Crippen LogP contribution in [0.2, 0.25) is 0 Å². The molecule has 6 nitrogen and oxygen atoms in total. The van der Waals surface area contributed by atoms with Crippen molar-refractivity contribution < 1.29 is 9.59 Å². The molecule has 2 aromatic heterocycles. The molecule has 188 valence electrons. The first-order valence-corrected chi connectivity index (χ1v) is 12.7. The van der Waals surface area contributed by atoms with Crippen LogP contribution >= 0.6 is 0 Å². The zero-order chi connectivity index (χ0) is 25.9. The number of rotatable bonds is 5. The van der Waals surface area contributed by atoms with Gasteiger partial charge in [0, 0.05) is 42.3 Å². The van der Waals surface area contributed by atoms with Crippen molar-refractivity contribution >= 4 is 23.2 Å². The van der Waals surface area contributed by atoms with Gasteiger partial charge in [0.05, 0.1) is 11.9 Å². The molecule has 1 N–H and O–H groups in total. The molecule has 0 saturated heterocycles. The fourth-order valence-electron chi connectivity index (χ4n) is 4.89. The molecule has 1 aliphatic rings. The van der Waals surface area contributed by atoms with E-state index in [1.165, 1.54) is 5.56 Å². The largest absolute Gasteiger partial charge is 0.323 e. The van der Waals surface area contributed by atoms with Gasteiger partial charge in [0.2, 0.25) is 5.95 Å². The number of carbonyl (C=O) groups excluding carboxylic acids is 2. The molecule has 0 amide bonds. The van der Waals surface area contributed by atoms with E-state index >= 15 is 0 Å². The maximum absolute atomic E-state index is 13.6. The molecule has 6 heteroatoms. The second-order valence-electron chi connectivity index (χ2n) is 11.6. The summed E-state index contributed by atoms with van der Waals surface area (Å²) in [6.45, 7) is 10.5. The van der Waals surface area contributed by atoms with Crippen LogP contribution in [0.3, 0.4) is 0 Å². The van der Waals surface area contributed by atoms with Gasteiger partial charge in [-0.25, -0.2) is 9.97 Å². The Labute approximate surface area is 214 Å². The van der Waals surface area contributed by atoms with Gasteiger partial charge in [-0.15, -0.1) is 0 Å². The van der Waals surface area contributed by atoms with Crippen molar-refractivity contribution in [1.29, 1.82) is 0 Å². The maximum atomic E-state index is 13.6. The van der Waals surface area contributed by atoms with E-state index in [0.717, 1.165) is 16.9 Å². The molecule has 4 rings (SSSR count). The second kappa shape index (κ2) is 10.3. The van der Waals surface area contributed by atoms with E-state index in [4.69, 9.17) is 0 Å². The minimum atomic E-state index is -0.575. The third-order valence-corrected chi connectivity index (χ3v) is 7.18. The number of pyridine rings is 1. The van der Waals surface area contributed by atoms with Crippen LogP contribution in [0.15, 0.2) is 61.1 Å². The lowest BCUT2D eigenvalue weighted by atomic mass is 9.69. The number of carbonyl (C=O) groups is 2. The number of nitrogens with one attached hydrogen (secondary N) is 1. The molecule has 0 radical (unpaired) electrons. The van der Waals surface area contributed by atoms with Gasteiger partial charge in [-0.05, 0) is 53.5 Å². The quantitative estimate of drug-likeness (QED) is 0.464. The Kier molecular flexibility index (Phi) is 7.34. The van der Waals surface area contributed by atoms with Crippen molar-refractivity contribution in [3.05, 3.63) is 77.9 Å². The Morgan fingerprint density at radius 1 is 1.00 bits per heavy atom. The first kappa shape index (κ1) is 25.7. The van der Waals surface area contributed by atoms with Crippen LogP contribution in [0.1, 0.15) is 76.6 Å². The van der Waals surface area contributed by atoms with E-state index in [0.29, 0.717) is 31.6 Å². The molecule has 1 fully saturated rings.